The fraction of sp³-hybridized carbons (Fsp3) is 0.286. The standard InChI is InChI=1S/C21H23N3O3/c1-15-6-5-8-20(27-13-17-7-3-4-11-22-17)18(15)12-24(14-25)19-10-9-16(2)23-21(19)26/h3-8,11,14,19H,2,9-10,12-13H2,1H3,(H,23,26). The molecule has 1 N–H and O–H groups in total. The Morgan fingerprint density at radius 1 is 1.33 bits per heavy atom. The van der Waals surface area contributed by atoms with Gasteiger partial charge in [0.15, 0.2) is 0 Å². The third kappa shape index (κ3) is 4.53. The minimum atomic E-state index is -0.503. The molecule has 2 heterocycles. The Balaban J connectivity index is 1.77. The number of amides is 2. The third-order valence-corrected chi connectivity index (χ3v) is 4.67. The van der Waals surface area contributed by atoms with Crippen molar-refractivity contribution in [1.29, 1.82) is 0 Å². The van der Waals surface area contributed by atoms with Crippen molar-refractivity contribution in [3.63, 3.8) is 0 Å². The third-order valence-electron chi connectivity index (χ3n) is 4.67. The summed E-state index contributed by atoms with van der Waals surface area (Å²) in [6, 6.07) is 10.9. The van der Waals surface area contributed by atoms with E-state index >= 15 is 0 Å². The Bertz CT molecular complexity index is 836. The molecule has 1 aliphatic heterocycles. The average molecular weight is 365 g/mol. The Morgan fingerprint density at radius 3 is 2.89 bits per heavy atom. The van der Waals surface area contributed by atoms with Gasteiger partial charge in [-0.3, -0.25) is 14.6 Å². The molecule has 0 saturated carbocycles. The molecule has 2 amide bonds. The van der Waals surface area contributed by atoms with Gasteiger partial charge in [0.25, 0.3) is 0 Å². The number of pyridine rings is 1. The molecule has 0 aliphatic carbocycles. The van der Waals surface area contributed by atoms with Crippen molar-refractivity contribution < 1.29 is 14.3 Å². The molecule has 3 rings (SSSR count). The molecule has 2 aromatic rings. The summed E-state index contributed by atoms with van der Waals surface area (Å²) in [5.74, 6) is 0.496. The Morgan fingerprint density at radius 2 is 2.19 bits per heavy atom. The van der Waals surface area contributed by atoms with Crippen molar-refractivity contribution in [1.82, 2.24) is 15.2 Å². The number of carbonyl (C=O) groups excluding carboxylic acids is 2. The van der Waals surface area contributed by atoms with Gasteiger partial charge >= 0.3 is 0 Å². The molecule has 1 atom stereocenters. The SMILES string of the molecule is C=C1CCC(N(C=O)Cc2c(C)cccc2OCc2ccccn2)C(=O)N1. The van der Waals surface area contributed by atoms with Gasteiger partial charge in [0.1, 0.15) is 18.4 Å². The number of piperidine rings is 1. The van der Waals surface area contributed by atoms with Gasteiger partial charge in [-0.2, -0.15) is 0 Å². The van der Waals surface area contributed by atoms with Gasteiger partial charge in [-0.15, -0.1) is 0 Å². The van der Waals surface area contributed by atoms with E-state index in [0.717, 1.165) is 23.2 Å². The Hall–Kier alpha value is -3.15. The van der Waals surface area contributed by atoms with E-state index in [-0.39, 0.29) is 5.91 Å². The Kier molecular flexibility index (Phi) is 5.86. The molecule has 6 heteroatoms. The summed E-state index contributed by atoms with van der Waals surface area (Å²) in [6.45, 7) is 6.39. The van der Waals surface area contributed by atoms with Crippen LogP contribution in [0, 0.1) is 6.92 Å². The molecule has 0 radical (unpaired) electrons. The lowest BCUT2D eigenvalue weighted by atomic mass is 10.0. The number of aromatic nitrogens is 1. The number of hydrogen-bond donors (Lipinski definition) is 1. The fourth-order valence-corrected chi connectivity index (χ4v) is 3.13. The van der Waals surface area contributed by atoms with Crippen LogP contribution in [0.3, 0.4) is 0 Å². The second-order valence-corrected chi connectivity index (χ2v) is 6.59. The number of allylic oxidation sites excluding steroid dienone is 1. The number of benzene rings is 1. The zero-order valence-corrected chi connectivity index (χ0v) is 15.4. The minimum Gasteiger partial charge on any atom is -0.487 e. The first kappa shape index (κ1) is 18.6. The van der Waals surface area contributed by atoms with Crippen LogP contribution in [0.4, 0.5) is 0 Å². The second kappa shape index (κ2) is 8.49. The van der Waals surface area contributed by atoms with Crippen LogP contribution >= 0.6 is 0 Å². The van der Waals surface area contributed by atoms with Crippen molar-refractivity contribution in [2.75, 3.05) is 0 Å². The summed E-state index contributed by atoms with van der Waals surface area (Å²) >= 11 is 0. The van der Waals surface area contributed by atoms with Gasteiger partial charge in [0.05, 0.1) is 12.2 Å². The summed E-state index contributed by atoms with van der Waals surface area (Å²) in [5.41, 5.74) is 3.40. The van der Waals surface area contributed by atoms with Crippen LogP contribution < -0.4 is 10.1 Å². The molecule has 0 bridgehead atoms. The van der Waals surface area contributed by atoms with Crippen molar-refractivity contribution in [3.05, 3.63) is 71.7 Å². The summed E-state index contributed by atoms with van der Waals surface area (Å²) in [5, 5.41) is 2.73. The van der Waals surface area contributed by atoms with E-state index in [1.165, 1.54) is 4.90 Å². The van der Waals surface area contributed by atoms with E-state index < -0.39 is 6.04 Å². The van der Waals surface area contributed by atoms with E-state index in [4.69, 9.17) is 4.74 Å². The zero-order chi connectivity index (χ0) is 19.2. The highest BCUT2D eigenvalue weighted by atomic mass is 16.5. The highest BCUT2D eigenvalue weighted by Crippen LogP contribution is 2.26. The first-order chi connectivity index (χ1) is 13.1. The van der Waals surface area contributed by atoms with Crippen LogP contribution in [0.15, 0.2) is 54.9 Å². The quantitative estimate of drug-likeness (QED) is 0.766. The van der Waals surface area contributed by atoms with Crippen LogP contribution in [0.2, 0.25) is 0 Å². The van der Waals surface area contributed by atoms with Gasteiger partial charge in [-0.05, 0) is 43.5 Å². The number of nitrogens with zero attached hydrogens (tertiary/aromatic N) is 2. The van der Waals surface area contributed by atoms with Crippen LogP contribution in [0.1, 0.15) is 29.7 Å². The summed E-state index contributed by atoms with van der Waals surface area (Å²) in [4.78, 5) is 29.8. The van der Waals surface area contributed by atoms with Crippen molar-refractivity contribution in [2.24, 2.45) is 0 Å². The zero-order valence-electron chi connectivity index (χ0n) is 15.4. The largest absolute Gasteiger partial charge is 0.487 e. The summed E-state index contributed by atoms with van der Waals surface area (Å²) < 4.78 is 5.96. The molecule has 1 aromatic carbocycles. The highest BCUT2D eigenvalue weighted by Gasteiger charge is 2.29. The van der Waals surface area contributed by atoms with Crippen LogP contribution in [0.25, 0.3) is 0 Å². The molecule has 1 aliphatic rings. The predicted molar refractivity (Wildman–Crippen MR) is 102 cm³/mol. The topological polar surface area (TPSA) is 71.5 Å². The van der Waals surface area contributed by atoms with E-state index in [2.05, 4.69) is 16.9 Å². The molecule has 140 valence electrons. The van der Waals surface area contributed by atoms with Crippen LogP contribution in [-0.4, -0.2) is 28.2 Å². The molecule has 6 nitrogen and oxygen atoms in total. The number of hydrogen-bond acceptors (Lipinski definition) is 4. The first-order valence-electron chi connectivity index (χ1n) is 8.89. The lowest BCUT2D eigenvalue weighted by Crippen LogP contribution is -2.48. The van der Waals surface area contributed by atoms with Gasteiger partial charge < -0.3 is 15.0 Å². The maximum Gasteiger partial charge on any atom is 0.246 e. The number of nitrogens with one attached hydrogen (secondary N) is 1. The summed E-state index contributed by atoms with van der Waals surface area (Å²) in [7, 11) is 0. The van der Waals surface area contributed by atoms with Crippen molar-refractivity contribution in [2.45, 2.75) is 39.0 Å². The smallest absolute Gasteiger partial charge is 0.246 e. The van der Waals surface area contributed by atoms with E-state index in [0.29, 0.717) is 37.4 Å². The molecular formula is C21H23N3O3. The molecule has 27 heavy (non-hydrogen) atoms. The molecule has 0 spiro atoms. The molecule has 1 saturated heterocycles. The maximum absolute atomic E-state index is 12.3. The summed E-state index contributed by atoms with van der Waals surface area (Å²) in [6.07, 6.45) is 3.68. The molecule has 1 unspecified atom stereocenters. The number of rotatable bonds is 7. The van der Waals surface area contributed by atoms with Gasteiger partial charge in [0, 0.05) is 17.5 Å². The van der Waals surface area contributed by atoms with E-state index in [1.54, 1.807) is 6.20 Å². The monoisotopic (exact) mass is 365 g/mol. The normalized spacial score (nSPS) is 16.6. The number of carbonyl (C=O) groups is 2. The number of aryl methyl sites for hydroxylation is 1. The molecular weight excluding hydrogens is 342 g/mol. The second-order valence-electron chi connectivity index (χ2n) is 6.59. The average Bonchev–Trinajstić information content (AvgIpc) is 2.67. The maximum atomic E-state index is 12.3. The molecule has 1 aromatic heterocycles. The predicted octanol–water partition coefficient (Wildman–Crippen LogP) is 2.72. The van der Waals surface area contributed by atoms with Crippen molar-refractivity contribution >= 4 is 12.3 Å². The van der Waals surface area contributed by atoms with Gasteiger partial charge in [-0.25, -0.2) is 0 Å². The highest BCUT2D eigenvalue weighted by molar-refractivity contribution is 5.86. The van der Waals surface area contributed by atoms with E-state index in [1.807, 2.05) is 43.3 Å². The lowest BCUT2D eigenvalue weighted by molar-refractivity contribution is -0.134. The van der Waals surface area contributed by atoms with Crippen LogP contribution in [0.5, 0.6) is 5.75 Å². The van der Waals surface area contributed by atoms with Crippen molar-refractivity contribution in [3.8, 4) is 5.75 Å². The minimum absolute atomic E-state index is 0.192. The lowest BCUT2D eigenvalue weighted by Gasteiger charge is -2.32. The van der Waals surface area contributed by atoms with Crippen LogP contribution in [-0.2, 0) is 22.7 Å². The Labute approximate surface area is 158 Å². The van der Waals surface area contributed by atoms with Gasteiger partial charge in [-0.1, -0.05) is 24.8 Å². The van der Waals surface area contributed by atoms with Gasteiger partial charge in [0.2, 0.25) is 12.3 Å². The van der Waals surface area contributed by atoms with E-state index in [9.17, 15) is 9.59 Å². The fourth-order valence-electron chi connectivity index (χ4n) is 3.13. The molecule has 1 fully saturated rings. The number of ether oxygens (including phenoxy) is 1. The first-order valence-corrected chi connectivity index (χ1v) is 8.89.